The minimum Gasteiger partial charge on any atom is -0.396 e. The molecule has 1 aromatic rings. The SMILES string of the molecule is CCC(CCO)NCC(=O)Nc1c(Cl)cccc1Cl. The molecule has 0 bridgehead atoms. The Morgan fingerprint density at radius 2 is 2.00 bits per heavy atom. The molecule has 0 aliphatic carbocycles. The number of para-hydroxylation sites is 1. The van der Waals surface area contributed by atoms with E-state index in [0.29, 0.717) is 22.2 Å². The molecule has 0 aromatic heterocycles. The van der Waals surface area contributed by atoms with Crippen LogP contribution in [0.2, 0.25) is 10.0 Å². The molecule has 1 atom stereocenters. The Bertz CT molecular complexity index is 407. The highest BCUT2D eigenvalue weighted by atomic mass is 35.5. The number of carbonyl (C=O) groups excluding carboxylic acids is 1. The largest absolute Gasteiger partial charge is 0.396 e. The van der Waals surface area contributed by atoms with Gasteiger partial charge in [0.15, 0.2) is 0 Å². The first kappa shape index (κ1) is 16.2. The second kappa shape index (κ2) is 8.38. The molecule has 0 aliphatic heterocycles. The van der Waals surface area contributed by atoms with E-state index in [-0.39, 0.29) is 25.1 Å². The smallest absolute Gasteiger partial charge is 0.238 e. The van der Waals surface area contributed by atoms with Gasteiger partial charge in [0.25, 0.3) is 0 Å². The van der Waals surface area contributed by atoms with Crippen LogP contribution in [0.1, 0.15) is 19.8 Å². The normalized spacial score (nSPS) is 12.2. The summed E-state index contributed by atoms with van der Waals surface area (Å²) in [5.74, 6) is -0.216. The Kier molecular flexibility index (Phi) is 7.16. The van der Waals surface area contributed by atoms with E-state index in [0.717, 1.165) is 6.42 Å². The molecule has 0 spiro atoms. The van der Waals surface area contributed by atoms with Crippen molar-refractivity contribution in [1.82, 2.24) is 5.32 Å². The van der Waals surface area contributed by atoms with Crippen LogP contribution in [0.4, 0.5) is 5.69 Å². The third-order valence-electron chi connectivity index (χ3n) is 2.75. The van der Waals surface area contributed by atoms with Crippen molar-refractivity contribution in [2.45, 2.75) is 25.8 Å². The zero-order chi connectivity index (χ0) is 14.3. The maximum Gasteiger partial charge on any atom is 0.238 e. The number of benzene rings is 1. The highest BCUT2D eigenvalue weighted by Crippen LogP contribution is 2.29. The average molecular weight is 305 g/mol. The molecule has 1 rings (SSSR count). The number of nitrogens with one attached hydrogen (secondary N) is 2. The fourth-order valence-corrected chi connectivity index (χ4v) is 2.14. The molecule has 0 fully saturated rings. The van der Waals surface area contributed by atoms with Gasteiger partial charge in [-0.1, -0.05) is 36.2 Å². The van der Waals surface area contributed by atoms with E-state index in [9.17, 15) is 4.79 Å². The monoisotopic (exact) mass is 304 g/mol. The van der Waals surface area contributed by atoms with Crippen molar-refractivity contribution in [2.24, 2.45) is 0 Å². The van der Waals surface area contributed by atoms with Crippen LogP contribution < -0.4 is 10.6 Å². The summed E-state index contributed by atoms with van der Waals surface area (Å²) in [7, 11) is 0. The number of rotatable bonds is 7. The van der Waals surface area contributed by atoms with Gasteiger partial charge in [-0.05, 0) is 25.0 Å². The van der Waals surface area contributed by atoms with Gasteiger partial charge in [-0.3, -0.25) is 4.79 Å². The van der Waals surface area contributed by atoms with Crippen molar-refractivity contribution in [3.05, 3.63) is 28.2 Å². The zero-order valence-electron chi connectivity index (χ0n) is 10.7. The molecule has 4 nitrogen and oxygen atoms in total. The number of hydrogen-bond donors (Lipinski definition) is 3. The lowest BCUT2D eigenvalue weighted by Crippen LogP contribution is -2.36. The van der Waals surface area contributed by atoms with Crippen LogP contribution in [0, 0.1) is 0 Å². The molecule has 6 heteroatoms. The van der Waals surface area contributed by atoms with E-state index in [1.165, 1.54) is 0 Å². The quantitative estimate of drug-likeness (QED) is 0.726. The highest BCUT2D eigenvalue weighted by Gasteiger charge is 2.11. The number of hydrogen-bond acceptors (Lipinski definition) is 3. The molecular weight excluding hydrogens is 287 g/mol. The van der Waals surface area contributed by atoms with Crippen LogP contribution in [-0.4, -0.2) is 30.2 Å². The lowest BCUT2D eigenvalue weighted by molar-refractivity contribution is -0.115. The molecule has 1 amide bonds. The van der Waals surface area contributed by atoms with E-state index in [1.54, 1.807) is 18.2 Å². The summed E-state index contributed by atoms with van der Waals surface area (Å²) in [6, 6.07) is 5.17. The summed E-state index contributed by atoms with van der Waals surface area (Å²) >= 11 is 11.9. The highest BCUT2D eigenvalue weighted by molar-refractivity contribution is 6.39. The van der Waals surface area contributed by atoms with Gasteiger partial charge in [-0.2, -0.15) is 0 Å². The van der Waals surface area contributed by atoms with Gasteiger partial charge < -0.3 is 15.7 Å². The fraction of sp³-hybridized carbons (Fsp3) is 0.462. The third kappa shape index (κ3) is 5.37. The number of aliphatic hydroxyl groups excluding tert-OH is 1. The molecule has 106 valence electrons. The van der Waals surface area contributed by atoms with Gasteiger partial charge >= 0.3 is 0 Å². The topological polar surface area (TPSA) is 61.4 Å². The number of anilines is 1. The van der Waals surface area contributed by atoms with Crippen LogP contribution in [0.3, 0.4) is 0 Å². The van der Waals surface area contributed by atoms with Gasteiger partial charge in [0.05, 0.1) is 22.3 Å². The van der Waals surface area contributed by atoms with Crippen LogP contribution >= 0.6 is 23.2 Å². The van der Waals surface area contributed by atoms with Crippen LogP contribution in [0.25, 0.3) is 0 Å². The second-order valence-corrected chi connectivity index (χ2v) is 4.96. The van der Waals surface area contributed by atoms with Gasteiger partial charge in [0.2, 0.25) is 5.91 Å². The summed E-state index contributed by atoms with van der Waals surface area (Å²) in [6.45, 7) is 2.25. The summed E-state index contributed by atoms with van der Waals surface area (Å²) in [5.41, 5.74) is 0.424. The van der Waals surface area contributed by atoms with Crippen LogP contribution in [-0.2, 0) is 4.79 Å². The van der Waals surface area contributed by atoms with Gasteiger partial charge in [-0.25, -0.2) is 0 Å². The first-order valence-electron chi connectivity index (χ1n) is 6.16. The first-order chi connectivity index (χ1) is 9.08. The Labute approximate surface area is 123 Å². The van der Waals surface area contributed by atoms with E-state index in [2.05, 4.69) is 10.6 Å². The van der Waals surface area contributed by atoms with Crippen molar-refractivity contribution in [1.29, 1.82) is 0 Å². The fourth-order valence-electron chi connectivity index (χ4n) is 1.64. The van der Waals surface area contributed by atoms with Crippen LogP contribution in [0.15, 0.2) is 18.2 Å². The third-order valence-corrected chi connectivity index (χ3v) is 3.38. The maximum atomic E-state index is 11.8. The standard InChI is InChI=1S/C13H18Cl2N2O2/c1-2-9(6-7-18)16-8-12(19)17-13-10(14)4-3-5-11(13)15/h3-5,9,16,18H,2,6-8H2,1H3,(H,17,19). The number of carbonyl (C=O) groups is 1. The summed E-state index contributed by atoms with van der Waals surface area (Å²) < 4.78 is 0. The zero-order valence-corrected chi connectivity index (χ0v) is 12.3. The minimum atomic E-state index is -0.216. The molecule has 19 heavy (non-hydrogen) atoms. The summed E-state index contributed by atoms with van der Waals surface area (Å²) in [4.78, 5) is 11.8. The number of halogens is 2. The average Bonchev–Trinajstić information content (AvgIpc) is 2.39. The lowest BCUT2D eigenvalue weighted by Gasteiger charge is -2.16. The molecule has 0 saturated heterocycles. The first-order valence-corrected chi connectivity index (χ1v) is 6.92. The maximum absolute atomic E-state index is 11.8. The van der Waals surface area contributed by atoms with E-state index < -0.39 is 0 Å². The lowest BCUT2D eigenvalue weighted by atomic mass is 10.1. The van der Waals surface area contributed by atoms with Crippen molar-refractivity contribution in [2.75, 3.05) is 18.5 Å². The number of aliphatic hydroxyl groups is 1. The molecule has 0 aliphatic rings. The molecule has 0 radical (unpaired) electrons. The van der Waals surface area contributed by atoms with Gasteiger partial charge in [0.1, 0.15) is 0 Å². The van der Waals surface area contributed by atoms with Gasteiger partial charge in [-0.15, -0.1) is 0 Å². The molecule has 1 unspecified atom stereocenters. The summed E-state index contributed by atoms with van der Waals surface area (Å²) in [5, 5.41) is 15.4. The van der Waals surface area contributed by atoms with Gasteiger partial charge in [0, 0.05) is 12.6 Å². The minimum absolute atomic E-state index is 0.101. The molecular formula is C13H18Cl2N2O2. The predicted molar refractivity (Wildman–Crippen MR) is 78.9 cm³/mol. The molecule has 1 aromatic carbocycles. The van der Waals surface area contributed by atoms with E-state index >= 15 is 0 Å². The van der Waals surface area contributed by atoms with Crippen molar-refractivity contribution >= 4 is 34.8 Å². The molecule has 0 heterocycles. The number of amides is 1. The Balaban J connectivity index is 2.51. The summed E-state index contributed by atoms with van der Waals surface area (Å²) in [6.07, 6.45) is 1.47. The van der Waals surface area contributed by atoms with Crippen LogP contribution in [0.5, 0.6) is 0 Å². The Morgan fingerprint density at radius 3 is 2.53 bits per heavy atom. The van der Waals surface area contributed by atoms with E-state index in [1.807, 2.05) is 6.92 Å². The Morgan fingerprint density at radius 1 is 1.37 bits per heavy atom. The van der Waals surface area contributed by atoms with Crippen molar-refractivity contribution in [3.8, 4) is 0 Å². The van der Waals surface area contributed by atoms with E-state index in [4.69, 9.17) is 28.3 Å². The second-order valence-electron chi connectivity index (χ2n) is 4.14. The molecule has 3 N–H and O–H groups in total. The predicted octanol–water partition coefficient (Wildman–Crippen LogP) is 2.68. The Hall–Kier alpha value is -0.810. The van der Waals surface area contributed by atoms with Crippen molar-refractivity contribution in [3.63, 3.8) is 0 Å². The van der Waals surface area contributed by atoms with Crippen molar-refractivity contribution < 1.29 is 9.90 Å². The molecule has 0 saturated carbocycles.